The Balaban J connectivity index is 2.82. The quantitative estimate of drug-likeness (QED) is 0.826. The summed E-state index contributed by atoms with van der Waals surface area (Å²) in [6.07, 6.45) is 2.05. The van der Waals surface area contributed by atoms with Crippen molar-refractivity contribution in [1.29, 1.82) is 0 Å². The molecule has 2 nitrogen and oxygen atoms in total. The average Bonchev–Trinajstić information content (AvgIpc) is 2.47. The second-order valence-corrected chi connectivity index (χ2v) is 4.63. The van der Waals surface area contributed by atoms with Gasteiger partial charge in [-0.05, 0) is 24.6 Å². The van der Waals surface area contributed by atoms with E-state index in [1.807, 2.05) is 6.20 Å². The lowest BCUT2D eigenvalue weighted by atomic mass is 10.1. The first-order valence-corrected chi connectivity index (χ1v) is 5.33. The van der Waals surface area contributed by atoms with E-state index in [9.17, 15) is 0 Å². The molecule has 0 unspecified atom stereocenters. The lowest BCUT2D eigenvalue weighted by Gasteiger charge is -2.14. The molecule has 0 aliphatic heterocycles. The fraction of sp³-hybridized carbons (Fsp3) is 0.273. The van der Waals surface area contributed by atoms with Gasteiger partial charge in [0.05, 0.1) is 11.2 Å². The number of fused-ring (bicyclic) bond motifs is 1. The minimum Gasteiger partial charge on any atom is -0.376 e. The van der Waals surface area contributed by atoms with E-state index < -0.39 is 0 Å². The van der Waals surface area contributed by atoms with Crippen molar-refractivity contribution in [3.8, 4) is 0 Å². The Morgan fingerprint density at radius 1 is 1.29 bits per heavy atom. The first kappa shape index (κ1) is 9.59. The molecule has 0 fully saturated rings. The largest absolute Gasteiger partial charge is 0.376 e. The van der Waals surface area contributed by atoms with E-state index in [0.717, 1.165) is 4.47 Å². The Morgan fingerprint density at radius 3 is 2.64 bits per heavy atom. The van der Waals surface area contributed by atoms with Gasteiger partial charge in [0.15, 0.2) is 0 Å². The number of nitrogens with one attached hydrogen (secondary N) is 1. The van der Waals surface area contributed by atoms with Gasteiger partial charge in [-0.3, -0.25) is 0 Å². The molecule has 1 aromatic carbocycles. The number of nitrogens with zero attached hydrogens (tertiary/aromatic N) is 1. The standard InChI is InChI=1S/C11H13BrN2/c1-7-6-13-11-9(7)4-8(12)5-10(11)14(2)3/h4-6,13H,1-3H3. The van der Waals surface area contributed by atoms with Gasteiger partial charge < -0.3 is 9.88 Å². The van der Waals surface area contributed by atoms with Crippen LogP contribution in [0.4, 0.5) is 5.69 Å². The van der Waals surface area contributed by atoms with E-state index in [-0.39, 0.29) is 0 Å². The van der Waals surface area contributed by atoms with Crippen molar-refractivity contribution < 1.29 is 0 Å². The van der Waals surface area contributed by atoms with Gasteiger partial charge in [0.2, 0.25) is 0 Å². The van der Waals surface area contributed by atoms with Crippen molar-refractivity contribution in [3.05, 3.63) is 28.4 Å². The maximum absolute atomic E-state index is 3.53. The van der Waals surface area contributed by atoms with Crippen LogP contribution in [0.5, 0.6) is 0 Å². The van der Waals surface area contributed by atoms with E-state index in [1.165, 1.54) is 22.2 Å². The summed E-state index contributed by atoms with van der Waals surface area (Å²) in [6, 6.07) is 4.27. The van der Waals surface area contributed by atoms with Crippen LogP contribution in [0.2, 0.25) is 0 Å². The molecule has 2 aromatic rings. The van der Waals surface area contributed by atoms with Gasteiger partial charge in [0.25, 0.3) is 0 Å². The molecule has 0 aliphatic carbocycles. The van der Waals surface area contributed by atoms with E-state index >= 15 is 0 Å². The normalized spacial score (nSPS) is 10.9. The first-order chi connectivity index (χ1) is 6.59. The molecule has 0 saturated heterocycles. The second kappa shape index (κ2) is 3.31. The third-order valence-electron chi connectivity index (χ3n) is 2.42. The van der Waals surface area contributed by atoms with Crippen LogP contribution in [-0.2, 0) is 0 Å². The lowest BCUT2D eigenvalue weighted by molar-refractivity contribution is 1.14. The number of benzene rings is 1. The van der Waals surface area contributed by atoms with Crippen molar-refractivity contribution in [2.24, 2.45) is 0 Å². The highest BCUT2D eigenvalue weighted by Crippen LogP contribution is 2.30. The van der Waals surface area contributed by atoms with Gasteiger partial charge in [-0.1, -0.05) is 15.9 Å². The minimum absolute atomic E-state index is 1.12. The summed E-state index contributed by atoms with van der Waals surface area (Å²) in [5, 5.41) is 1.28. The zero-order valence-electron chi connectivity index (χ0n) is 8.56. The predicted octanol–water partition coefficient (Wildman–Crippen LogP) is 3.30. The fourth-order valence-electron chi connectivity index (χ4n) is 1.67. The summed E-state index contributed by atoms with van der Waals surface area (Å²) in [4.78, 5) is 5.42. The second-order valence-electron chi connectivity index (χ2n) is 3.71. The smallest absolute Gasteiger partial charge is 0.0695 e. The first-order valence-electron chi connectivity index (χ1n) is 4.54. The van der Waals surface area contributed by atoms with Gasteiger partial charge in [0.1, 0.15) is 0 Å². The van der Waals surface area contributed by atoms with Crippen LogP contribution in [0.15, 0.2) is 22.8 Å². The van der Waals surface area contributed by atoms with Crippen LogP contribution >= 0.6 is 15.9 Å². The molecule has 1 N–H and O–H groups in total. The molecular formula is C11H13BrN2. The number of aryl methyl sites for hydroxylation is 1. The lowest BCUT2D eigenvalue weighted by Crippen LogP contribution is -2.09. The number of H-pyrrole nitrogens is 1. The van der Waals surface area contributed by atoms with Crippen molar-refractivity contribution in [2.45, 2.75) is 6.92 Å². The highest BCUT2D eigenvalue weighted by Gasteiger charge is 2.07. The Hall–Kier alpha value is -0.960. The van der Waals surface area contributed by atoms with Crippen LogP contribution in [-0.4, -0.2) is 19.1 Å². The molecule has 0 radical (unpaired) electrons. The van der Waals surface area contributed by atoms with E-state index in [4.69, 9.17) is 0 Å². The van der Waals surface area contributed by atoms with E-state index in [2.05, 4.69) is 59.0 Å². The highest BCUT2D eigenvalue weighted by molar-refractivity contribution is 9.10. The van der Waals surface area contributed by atoms with Crippen molar-refractivity contribution >= 4 is 32.5 Å². The summed E-state index contributed by atoms with van der Waals surface area (Å²) >= 11 is 3.53. The summed E-state index contributed by atoms with van der Waals surface area (Å²) < 4.78 is 1.12. The highest BCUT2D eigenvalue weighted by atomic mass is 79.9. The maximum atomic E-state index is 3.53. The van der Waals surface area contributed by atoms with Gasteiger partial charge in [-0.2, -0.15) is 0 Å². The number of aromatic amines is 1. The minimum atomic E-state index is 1.12. The van der Waals surface area contributed by atoms with E-state index in [0.29, 0.717) is 0 Å². The molecule has 0 saturated carbocycles. The van der Waals surface area contributed by atoms with Crippen molar-refractivity contribution in [2.75, 3.05) is 19.0 Å². The van der Waals surface area contributed by atoms with Crippen LogP contribution < -0.4 is 4.90 Å². The molecule has 0 bridgehead atoms. The number of hydrogen-bond donors (Lipinski definition) is 1. The molecule has 0 aliphatic rings. The number of hydrogen-bond acceptors (Lipinski definition) is 1. The molecule has 3 heteroatoms. The third-order valence-corrected chi connectivity index (χ3v) is 2.88. The van der Waals surface area contributed by atoms with Crippen LogP contribution in [0.3, 0.4) is 0 Å². The van der Waals surface area contributed by atoms with Gasteiger partial charge in [-0.15, -0.1) is 0 Å². The van der Waals surface area contributed by atoms with Gasteiger partial charge >= 0.3 is 0 Å². The predicted molar refractivity (Wildman–Crippen MR) is 65.1 cm³/mol. The summed E-state index contributed by atoms with van der Waals surface area (Å²) in [6.45, 7) is 2.12. The molecular weight excluding hydrogens is 240 g/mol. The number of aromatic nitrogens is 1. The summed E-state index contributed by atoms with van der Waals surface area (Å²) in [7, 11) is 4.11. The molecule has 1 aromatic heterocycles. The van der Waals surface area contributed by atoms with Crippen LogP contribution in [0.25, 0.3) is 10.9 Å². The number of anilines is 1. The Bertz CT molecular complexity index is 471. The molecule has 74 valence electrons. The molecule has 0 amide bonds. The Morgan fingerprint density at radius 2 is 2.00 bits per heavy atom. The average molecular weight is 253 g/mol. The van der Waals surface area contributed by atoms with Gasteiger partial charge in [-0.25, -0.2) is 0 Å². The number of halogens is 1. The maximum Gasteiger partial charge on any atom is 0.0695 e. The molecule has 14 heavy (non-hydrogen) atoms. The SMILES string of the molecule is Cc1c[nH]c2c(N(C)C)cc(Br)cc12. The third kappa shape index (κ3) is 1.42. The summed E-state index contributed by atoms with van der Waals surface area (Å²) in [5.74, 6) is 0. The summed E-state index contributed by atoms with van der Waals surface area (Å²) in [5.41, 5.74) is 3.70. The Kier molecular flexibility index (Phi) is 2.27. The molecule has 1 heterocycles. The van der Waals surface area contributed by atoms with Crippen LogP contribution in [0, 0.1) is 6.92 Å². The zero-order valence-corrected chi connectivity index (χ0v) is 10.1. The fourth-order valence-corrected chi connectivity index (χ4v) is 2.11. The van der Waals surface area contributed by atoms with E-state index in [1.54, 1.807) is 0 Å². The van der Waals surface area contributed by atoms with Crippen molar-refractivity contribution in [3.63, 3.8) is 0 Å². The zero-order chi connectivity index (χ0) is 10.3. The van der Waals surface area contributed by atoms with Crippen molar-refractivity contribution in [1.82, 2.24) is 4.98 Å². The Labute approximate surface area is 92.0 Å². The number of rotatable bonds is 1. The molecule has 0 spiro atoms. The van der Waals surface area contributed by atoms with Crippen LogP contribution in [0.1, 0.15) is 5.56 Å². The molecule has 2 rings (SSSR count). The monoisotopic (exact) mass is 252 g/mol. The molecule has 0 atom stereocenters. The topological polar surface area (TPSA) is 19.0 Å². The van der Waals surface area contributed by atoms with Gasteiger partial charge in [0, 0.05) is 30.2 Å².